The molecule has 2 aromatic rings. The minimum absolute atomic E-state index is 0.147. The van der Waals surface area contributed by atoms with E-state index in [1.54, 1.807) is 12.1 Å². The number of azide groups is 1. The zero-order valence-corrected chi connectivity index (χ0v) is 11.6. The van der Waals surface area contributed by atoms with Crippen LogP contribution in [-0.4, -0.2) is 9.55 Å². The molecule has 0 bridgehead atoms. The van der Waals surface area contributed by atoms with Gasteiger partial charge in [0.15, 0.2) is 5.69 Å². The van der Waals surface area contributed by atoms with Crippen LogP contribution >= 0.6 is 15.9 Å². The normalized spacial score (nSPS) is 11.2. The second kappa shape index (κ2) is 5.18. The van der Waals surface area contributed by atoms with Crippen LogP contribution in [0.25, 0.3) is 16.1 Å². The third-order valence-corrected chi connectivity index (χ3v) is 3.02. The molecule has 0 fully saturated rings. The molecular formula is C11H7BrF3N5. The maximum Gasteiger partial charge on any atom is 0.434 e. The van der Waals surface area contributed by atoms with Crippen LogP contribution in [-0.2, 0) is 6.18 Å². The number of hydrogen-bond acceptors (Lipinski definition) is 2. The average molecular weight is 346 g/mol. The van der Waals surface area contributed by atoms with Crippen LogP contribution in [0.4, 0.5) is 18.9 Å². The molecule has 0 aliphatic rings. The van der Waals surface area contributed by atoms with Crippen molar-refractivity contribution in [1.82, 2.24) is 9.55 Å². The highest BCUT2D eigenvalue weighted by atomic mass is 79.9. The van der Waals surface area contributed by atoms with Crippen LogP contribution in [0.1, 0.15) is 11.5 Å². The molecule has 20 heavy (non-hydrogen) atoms. The molecule has 0 spiro atoms. The summed E-state index contributed by atoms with van der Waals surface area (Å²) in [7, 11) is 0. The number of rotatable bonds is 2. The zero-order chi connectivity index (χ0) is 14.9. The van der Waals surface area contributed by atoms with E-state index in [1.807, 2.05) is 0 Å². The lowest BCUT2D eigenvalue weighted by atomic mass is 10.2. The zero-order valence-electron chi connectivity index (χ0n) is 10.1. The van der Waals surface area contributed by atoms with Crippen molar-refractivity contribution in [3.63, 3.8) is 0 Å². The fourth-order valence-corrected chi connectivity index (χ4v) is 2.03. The number of alkyl halides is 3. The van der Waals surface area contributed by atoms with Gasteiger partial charge in [0.1, 0.15) is 5.82 Å². The van der Waals surface area contributed by atoms with E-state index in [9.17, 15) is 13.2 Å². The monoisotopic (exact) mass is 345 g/mol. The molecule has 1 aromatic heterocycles. The van der Waals surface area contributed by atoms with Crippen LogP contribution in [0, 0.1) is 6.92 Å². The van der Waals surface area contributed by atoms with Crippen molar-refractivity contribution < 1.29 is 13.2 Å². The second-order valence-electron chi connectivity index (χ2n) is 3.86. The highest BCUT2D eigenvalue weighted by molar-refractivity contribution is 9.10. The van der Waals surface area contributed by atoms with E-state index in [0.29, 0.717) is 10.2 Å². The number of halogens is 4. The van der Waals surface area contributed by atoms with E-state index in [4.69, 9.17) is 5.53 Å². The van der Waals surface area contributed by atoms with Gasteiger partial charge in [0.05, 0.1) is 11.4 Å². The molecule has 0 radical (unpaired) electrons. The van der Waals surface area contributed by atoms with E-state index in [1.165, 1.54) is 17.6 Å². The minimum Gasteiger partial charge on any atom is -0.303 e. The summed E-state index contributed by atoms with van der Waals surface area (Å²) in [4.78, 5) is 6.14. The Morgan fingerprint density at radius 1 is 1.40 bits per heavy atom. The second-order valence-corrected chi connectivity index (χ2v) is 4.78. The van der Waals surface area contributed by atoms with Gasteiger partial charge in [-0.1, -0.05) is 21.0 Å². The van der Waals surface area contributed by atoms with Crippen molar-refractivity contribution >= 4 is 21.6 Å². The molecule has 1 heterocycles. The summed E-state index contributed by atoms with van der Waals surface area (Å²) >= 11 is 3.21. The molecule has 0 saturated heterocycles. The summed E-state index contributed by atoms with van der Waals surface area (Å²) in [6.45, 7) is 1.44. The molecule has 9 heteroatoms. The van der Waals surface area contributed by atoms with Crippen LogP contribution in [0.3, 0.4) is 0 Å². The fourth-order valence-electron chi connectivity index (χ4n) is 1.68. The Bertz CT molecular complexity index is 701. The smallest absolute Gasteiger partial charge is 0.303 e. The Hall–Kier alpha value is -1.99. The van der Waals surface area contributed by atoms with Crippen molar-refractivity contribution in [2.75, 3.05) is 0 Å². The average Bonchev–Trinajstić information content (AvgIpc) is 2.72. The van der Waals surface area contributed by atoms with E-state index < -0.39 is 11.9 Å². The van der Waals surface area contributed by atoms with Crippen molar-refractivity contribution in [2.45, 2.75) is 13.1 Å². The van der Waals surface area contributed by atoms with Crippen molar-refractivity contribution in [3.8, 4) is 5.69 Å². The number of benzene rings is 1. The Kier molecular flexibility index (Phi) is 3.74. The molecule has 0 amide bonds. The summed E-state index contributed by atoms with van der Waals surface area (Å²) in [5, 5.41) is 3.48. The van der Waals surface area contributed by atoms with Gasteiger partial charge in [0.25, 0.3) is 0 Å². The first-order valence-electron chi connectivity index (χ1n) is 5.31. The molecule has 1 aromatic carbocycles. The van der Waals surface area contributed by atoms with Gasteiger partial charge in [-0.05, 0) is 30.7 Å². The van der Waals surface area contributed by atoms with Gasteiger partial charge in [-0.3, -0.25) is 0 Å². The lowest BCUT2D eigenvalue weighted by Crippen LogP contribution is -2.05. The quantitative estimate of drug-likeness (QED) is 0.433. The van der Waals surface area contributed by atoms with Crippen molar-refractivity contribution in [1.29, 1.82) is 0 Å². The topological polar surface area (TPSA) is 66.6 Å². The molecule has 0 aliphatic heterocycles. The van der Waals surface area contributed by atoms with Gasteiger partial charge in [-0.25, -0.2) is 4.98 Å². The Balaban J connectivity index is 2.63. The van der Waals surface area contributed by atoms with Crippen LogP contribution in [0.2, 0.25) is 0 Å². The largest absolute Gasteiger partial charge is 0.434 e. The third-order valence-electron chi connectivity index (χ3n) is 2.52. The molecule has 0 saturated carbocycles. The van der Waals surface area contributed by atoms with E-state index >= 15 is 0 Å². The summed E-state index contributed by atoms with van der Waals surface area (Å²) < 4.78 is 39.8. The highest BCUT2D eigenvalue weighted by Crippen LogP contribution is 2.32. The predicted octanol–water partition coefficient (Wildman–Crippen LogP) is 4.90. The number of aromatic nitrogens is 2. The molecule has 2 rings (SSSR count). The van der Waals surface area contributed by atoms with Crippen molar-refractivity contribution in [3.05, 3.63) is 50.8 Å². The van der Waals surface area contributed by atoms with Gasteiger partial charge < -0.3 is 4.57 Å². The standard InChI is InChI=1S/C11H7BrF3N5/c1-6-17-10(11(13,14)15)5-20(6)9-3-2-7(12)4-8(9)18-19-16/h2-5H,1H3. The molecular weight excluding hydrogens is 339 g/mol. The molecule has 0 unspecified atom stereocenters. The number of aryl methyl sites for hydroxylation is 1. The number of imidazole rings is 1. The molecule has 0 N–H and O–H groups in total. The fraction of sp³-hybridized carbons (Fsp3) is 0.182. The summed E-state index contributed by atoms with van der Waals surface area (Å²) in [5.41, 5.74) is 8.06. The third kappa shape index (κ3) is 2.78. The van der Waals surface area contributed by atoms with Crippen LogP contribution < -0.4 is 0 Å². The molecule has 0 atom stereocenters. The number of nitrogens with zero attached hydrogens (tertiary/aromatic N) is 5. The van der Waals surface area contributed by atoms with E-state index in [2.05, 4.69) is 30.9 Å². The maximum atomic E-state index is 12.6. The maximum absolute atomic E-state index is 12.6. The van der Waals surface area contributed by atoms with Gasteiger partial charge in [0.2, 0.25) is 0 Å². The van der Waals surface area contributed by atoms with E-state index in [0.717, 1.165) is 6.20 Å². The number of hydrogen-bond donors (Lipinski definition) is 0. The molecule has 104 valence electrons. The minimum atomic E-state index is -4.52. The SMILES string of the molecule is Cc1nc(C(F)(F)F)cn1-c1ccc(Br)cc1N=[N+]=[N-]. The lowest BCUT2D eigenvalue weighted by Gasteiger charge is -2.08. The first-order valence-corrected chi connectivity index (χ1v) is 6.10. The Labute approximate surface area is 119 Å². The highest BCUT2D eigenvalue weighted by Gasteiger charge is 2.34. The van der Waals surface area contributed by atoms with Crippen LogP contribution in [0.5, 0.6) is 0 Å². The van der Waals surface area contributed by atoms with Gasteiger partial charge >= 0.3 is 6.18 Å². The summed E-state index contributed by atoms with van der Waals surface area (Å²) in [6.07, 6.45) is -3.65. The van der Waals surface area contributed by atoms with Gasteiger partial charge in [-0.15, -0.1) is 0 Å². The van der Waals surface area contributed by atoms with Crippen molar-refractivity contribution in [2.24, 2.45) is 5.11 Å². The molecule has 0 aliphatic carbocycles. The van der Waals surface area contributed by atoms with Gasteiger partial charge in [0, 0.05) is 15.6 Å². The van der Waals surface area contributed by atoms with Gasteiger partial charge in [-0.2, -0.15) is 13.2 Å². The molecule has 5 nitrogen and oxygen atoms in total. The van der Waals surface area contributed by atoms with Crippen LogP contribution in [0.15, 0.2) is 34.0 Å². The van der Waals surface area contributed by atoms with E-state index in [-0.39, 0.29) is 11.5 Å². The Morgan fingerprint density at radius 3 is 2.65 bits per heavy atom. The summed E-state index contributed by atoms with van der Waals surface area (Å²) in [6, 6.07) is 4.70. The first kappa shape index (κ1) is 14.4. The Morgan fingerprint density at radius 2 is 2.10 bits per heavy atom. The summed E-state index contributed by atoms with van der Waals surface area (Å²) in [5.74, 6) is 0.147. The first-order chi connectivity index (χ1) is 9.32. The predicted molar refractivity (Wildman–Crippen MR) is 69.8 cm³/mol. The lowest BCUT2D eigenvalue weighted by molar-refractivity contribution is -0.141.